The van der Waals surface area contributed by atoms with Crippen LogP contribution in [0.4, 0.5) is 0 Å². The van der Waals surface area contributed by atoms with E-state index in [1.165, 1.54) is 57.8 Å². The van der Waals surface area contributed by atoms with Crippen molar-refractivity contribution in [3.8, 4) is 0 Å². The van der Waals surface area contributed by atoms with Crippen molar-refractivity contribution in [2.24, 2.45) is 28.6 Å². The summed E-state index contributed by atoms with van der Waals surface area (Å²) in [5.74, 6) is 4.37. The van der Waals surface area contributed by atoms with Crippen molar-refractivity contribution in [1.29, 1.82) is 0 Å². The van der Waals surface area contributed by atoms with Gasteiger partial charge in [-0.15, -0.1) is 0 Å². The molecule has 0 amide bonds. The molecule has 3 aliphatic rings. The first-order chi connectivity index (χ1) is 11.8. The highest BCUT2D eigenvalue weighted by Crippen LogP contribution is 2.65. The van der Waals surface area contributed by atoms with E-state index in [0.29, 0.717) is 10.8 Å². The number of hydrogen-bond acceptors (Lipinski definition) is 0. The summed E-state index contributed by atoms with van der Waals surface area (Å²) in [6.45, 7) is 14.8. The molecular weight excluding hydrogens is 300 g/mol. The third kappa shape index (κ3) is 3.74. The molecule has 0 aliphatic heterocycles. The van der Waals surface area contributed by atoms with Gasteiger partial charge in [0.15, 0.2) is 0 Å². The molecule has 3 rings (SSSR count). The van der Waals surface area contributed by atoms with Crippen LogP contribution in [0.25, 0.3) is 0 Å². The maximum atomic E-state index is 2.64. The molecule has 3 aliphatic carbocycles. The van der Waals surface area contributed by atoms with Crippen LogP contribution in [-0.2, 0) is 0 Å². The van der Waals surface area contributed by atoms with Gasteiger partial charge in [-0.2, -0.15) is 0 Å². The average Bonchev–Trinajstić information content (AvgIpc) is 2.89. The van der Waals surface area contributed by atoms with Crippen LogP contribution in [0.2, 0.25) is 0 Å². The molecule has 0 aromatic rings. The molecule has 0 aromatic carbocycles. The topological polar surface area (TPSA) is 0 Å². The SMILES string of the molecule is C/C1=C\C[C@@]2(C)CC[C@]3(C)CC[C@H]([C+](C)C)[C@H]3[C@@H]2CC/C(C)=C/CC1. The van der Waals surface area contributed by atoms with Gasteiger partial charge in [-0.25, -0.2) is 0 Å². The number of hydrogen-bond donors (Lipinski definition) is 0. The molecule has 0 heteroatoms. The zero-order chi connectivity index (χ0) is 18.2. The van der Waals surface area contributed by atoms with Crippen LogP contribution < -0.4 is 0 Å². The summed E-state index contributed by atoms with van der Waals surface area (Å²) in [6, 6.07) is 0. The molecule has 25 heavy (non-hydrogen) atoms. The first kappa shape index (κ1) is 19.1. The Kier molecular flexibility index (Phi) is 5.48. The first-order valence-corrected chi connectivity index (χ1v) is 10.9. The van der Waals surface area contributed by atoms with Gasteiger partial charge in [-0.3, -0.25) is 0 Å². The predicted molar refractivity (Wildman–Crippen MR) is 110 cm³/mol. The van der Waals surface area contributed by atoms with E-state index >= 15 is 0 Å². The van der Waals surface area contributed by atoms with Gasteiger partial charge >= 0.3 is 0 Å². The summed E-state index contributed by atoms with van der Waals surface area (Å²) in [5, 5.41) is 0. The van der Waals surface area contributed by atoms with Gasteiger partial charge in [0.05, 0.1) is 19.8 Å². The van der Waals surface area contributed by atoms with E-state index in [1.807, 2.05) is 0 Å². The van der Waals surface area contributed by atoms with Crippen LogP contribution in [0.3, 0.4) is 0 Å². The molecule has 0 saturated heterocycles. The summed E-state index contributed by atoms with van der Waals surface area (Å²) in [4.78, 5) is 0. The van der Waals surface area contributed by atoms with Crippen molar-refractivity contribution >= 4 is 0 Å². The Morgan fingerprint density at radius 1 is 0.880 bits per heavy atom. The van der Waals surface area contributed by atoms with E-state index < -0.39 is 0 Å². The molecule has 0 nitrogen and oxygen atoms in total. The van der Waals surface area contributed by atoms with Crippen LogP contribution in [0.15, 0.2) is 23.3 Å². The normalized spacial score (nSPS) is 46.7. The van der Waals surface area contributed by atoms with Crippen LogP contribution in [0, 0.1) is 34.5 Å². The Bertz CT molecular complexity index is 536. The number of rotatable bonds is 1. The molecule has 2 fully saturated rings. The number of allylic oxidation sites excluding steroid dienone is 4. The molecule has 0 heterocycles. The minimum absolute atomic E-state index is 0.508. The second-order valence-electron chi connectivity index (χ2n) is 10.5. The highest BCUT2D eigenvalue weighted by molar-refractivity contribution is 5.14. The minimum Gasteiger partial charge on any atom is -0.0853 e. The summed E-state index contributed by atoms with van der Waals surface area (Å²) >= 11 is 0. The van der Waals surface area contributed by atoms with Crippen molar-refractivity contribution in [3.05, 3.63) is 29.2 Å². The van der Waals surface area contributed by atoms with E-state index in [1.54, 1.807) is 17.1 Å². The minimum atomic E-state index is 0.508. The second kappa shape index (κ2) is 7.16. The van der Waals surface area contributed by atoms with Gasteiger partial charge in [0.1, 0.15) is 5.92 Å². The van der Waals surface area contributed by atoms with Gasteiger partial charge in [0, 0.05) is 5.92 Å². The molecule has 5 atom stereocenters. The smallest absolute Gasteiger partial charge is 0.0853 e. The van der Waals surface area contributed by atoms with Crippen LogP contribution in [0.1, 0.15) is 99.3 Å². The number of fused-ring (bicyclic) bond motifs is 3. The van der Waals surface area contributed by atoms with Gasteiger partial charge in [0.25, 0.3) is 0 Å². The summed E-state index contributed by atoms with van der Waals surface area (Å²) in [5.41, 5.74) is 4.35. The Morgan fingerprint density at radius 3 is 2.28 bits per heavy atom. The van der Waals surface area contributed by atoms with E-state index in [-0.39, 0.29) is 0 Å². The predicted octanol–water partition coefficient (Wildman–Crippen LogP) is 7.91. The summed E-state index contributed by atoms with van der Waals surface area (Å²) in [6.07, 6.45) is 17.5. The van der Waals surface area contributed by atoms with E-state index in [4.69, 9.17) is 0 Å². The highest BCUT2D eigenvalue weighted by atomic mass is 14.6. The fraction of sp³-hybridized carbons (Fsp3) is 0.800. The Balaban J connectivity index is 1.97. The largest absolute Gasteiger partial charge is 0.103 e. The van der Waals surface area contributed by atoms with E-state index in [2.05, 4.69) is 53.7 Å². The lowest BCUT2D eigenvalue weighted by atomic mass is 9.50. The molecule has 0 bridgehead atoms. The Hall–Kier alpha value is -0.650. The molecule has 0 unspecified atom stereocenters. The molecule has 140 valence electrons. The quantitative estimate of drug-likeness (QED) is 0.336. The highest BCUT2D eigenvalue weighted by Gasteiger charge is 2.59. The Labute approximate surface area is 157 Å². The second-order valence-corrected chi connectivity index (χ2v) is 10.5. The lowest BCUT2D eigenvalue weighted by Crippen LogP contribution is -2.46. The van der Waals surface area contributed by atoms with Crippen molar-refractivity contribution in [3.63, 3.8) is 0 Å². The van der Waals surface area contributed by atoms with Crippen LogP contribution in [-0.4, -0.2) is 0 Å². The molecular formula is C25H41+. The van der Waals surface area contributed by atoms with Gasteiger partial charge < -0.3 is 0 Å². The third-order valence-corrected chi connectivity index (χ3v) is 8.40. The zero-order valence-electron chi connectivity index (χ0n) is 17.8. The van der Waals surface area contributed by atoms with E-state index in [9.17, 15) is 0 Å². The maximum Gasteiger partial charge on any atom is 0.103 e. The van der Waals surface area contributed by atoms with Crippen LogP contribution >= 0.6 is 0 Å². The molecule has 0 spiro atoms. The summed E-state index contributed by atoms with van der Waals surface area (Å²) in [7, 11) is 0. The fourth-order valence-corrected chi connectivity index (χ4v) is 6.54. The third-order valence-electron chi connectivity index (χ3n) is 8.40. The zero-order valence-corrected chi connectivity index (χ0v) is 17.8. The van der Waals surface area contributed by atoms with Crippen molar-refractivity contribution in [1.82, 2.24) is 0 Å². The Morgan fingerprint density at radius 2 is 1.56 bits per heavy atom. The van der Waals surface area contributed by atoms with Crippen molar-refractivity contribution in [2.75, 3.05) is 0 Å². The van der Waals surface area contributed by atoms with Gasteiger partial charge in [-0.1, -0.05) is 37.1 Å². The van der Waals surface area contributed by atoms with Crippen molar-refractivity contribution in [2.45, 2.75) is 99.3 Å². The molecule has 2 saturated carbocycles. The average molecular weight is 342 g/mol. The van der Waals surface area contributed by atoms with Crippen LogP contribution in [0.5, 0.6) is 0 Å². The standard InChI is InChI=1S/C25H41/c1-18(2)21-13-15-25(6)17-16-24(5)14-12-20(4)9-7-8-19(3)10-11-22(24)23(21)25/h8,12,21-23H,7,9-11,13-17H2,1-6H3/q+1/b19-8+,20-12+/t21-,22+,23+,24+,25+/m1/s1. The van der Waals surface area contributed by atoms with Crippen molar-refractivity contribution < 1.29 is 0 Å². The monoisotopic (exact) mass is 341 g/mol. The lowest BCUT2D eigenvalue weighted by Gasteiger charge is -2.53. The lowest BCUT2D eigenvalue weighted by molar-refractivity contribution is -0.0381. The fourth-order valence-electron chi connectivity index (χ4n) is 6.54. The van der Waals surface area contributed by atoms with E-state index in [0.717, 1.165) is 17.8 Å². The molecule has 0 radical (unpaired) electrons. The molecule has 0 N–H and O–H groups in total. The van der Waals surface area contributed by atoms with Gasteiger partial charge in [-0.05, 0) is 88.4 Å². The molecule has 0 aromatic heterocycles. The first-order valence-electron chi connectivity index (χ1n) is 10.9. The maximum absolute atomic E-state index is 2.64. The summed E-state index contributed by atoms with van der Waals surface area (Å²) < 4.78 is 0. The van der Waals surface area contributed by atoms with Gasteiger partial charge in [0.2, 0.25) is 0 Å².